The van der Waals surface area contributed by atoms with Gasteiger partial charge in [-0.15, -0.1) is 0 Å². The Labute approximate surface area is 91.7 Å². The molecule has 0 bridgehead atoms. The molecular formula is C11H23NO3. The van der Waals surface area contributed by atoms with Gasteiger partial charge < -0.3 is 20.3 Å². The first-order chi connectivity index (χ1) is 7.29. The smallest absolute Gasteiger partial charge is 0.0852 e. The van der Waals surface area contributed by atoms with Crippen molar-refractivity contribution in [2.75, 3.05) is 33.0 Å². The maximum atomic E-state index is 8.82. The molecule has 3 N–H and O–H groups in total. The molecule has 1 aliphatic heterocycles. The fourth-order valence-corrected chi connectivity index (χ4v) is 2.28. The topological polar surface area (TPSA) is 64.7 Å². The Morgan fingerprint density at radius 3 is 2.87 bits per heavy atom. The third-order valence-electron chi connectivity index (χ3n) is 3.33. The van der Waals surface area contributed by atoms with Gasteiger partial charge in [-0.2, -0.15) is 0 Å². The molecule has 0 aromatic rings. The highest BCUT2D eigenvalue weighted by Crippen LogP contribution is 2.31. The van der Waals surface area contributed by atoms with Crippen molar-refractivity contribution in [1.82, 2.24) is 0 Å². The number of hydrogen-bond donors (Lipinski definition) is 2. The van der Waals surface area contributed by atoms with Crippen molar-refractivity contribution in [2.24, 2.45) is 11.7 Å². The van der Waals surface area contributed by atoms with Crippen molar-refractivity contribution >= 4 is 0 Å². The lowest BCUT2D eigenvalue weighted by atomic mass is 9.81. The normalized spacial score (nSPS) is 26.2. The van der Waals surface area contributed by atoms with E-state index in [1.807, 2.05) is 0 Å². The van der Waals surface area contributed by atoms with E-state index in [4.69, 9.17) is 20.3 Å². The van der Waals surface area contributed by atoms with Gasteiger partial charge in [0.05, 0.1) is 25.4 Å². The summed E-state index contributed by atoms with van der Waals surface area (Å²) in [4.78, 5) is 0. The molecule has 2 atom stereocenters. The molecule has 4 heteroatoms. The minimum absolute atomic E-state index is 0.0509. The summed E-state index contributed by atoms with van der Waals surface area (Å²) in [5.74, 6) is 0.368. The second kappa shape index (κ2) is 6.43. The van der Waals surface area contributed by atoms with Crippen LogP contribution in [0.4, 0.5) is 0 Å². The largest absolute Gasteiger partial charge is 0.394 e. The summed E-state index contributed by atoms with van der Waals surface area (Å²) in [6.45, 7) is 4.57. The zero-order valence-electron chi connectivity index (χ0n) is 9.58. The van der Waals surface area contributed by atoms with Crippen LogP contribution >= 0.6 is 0 Å². The van der Waals surface area contributed by atoms with Crippen LogP contribution in [0.25, 0.3) is 0 Å². The first-order valence-corrected chi connectivity index (χ1v) is 5.81. The minimum Gasteiger partial charge on any atom is -0.394 e. The highest BCUT2D eigenvalue weighted by atomic mass is 16.5. The Morgan fingerprint density at radius 1 is 1.60 bits per heavy atom. The summed E-state index contributed by atoms with van der Waals surface area (Å²) in [5.41, 5.74) is 5.53. The van der Waals surface area contributed by atoms with E-state index >= 15 is 0 Å². The van der Waals surface area contributed by atoms with Gasteiger partial charge in [-0.25, -0.2) is 0 Å². The zero-order valence-corrected chi connectivity index (χ0v) is 9.58. The lowest BCUT2D eigenvalue weighted by Crippen LogP contribution is -2.50. The van der Waals surface area contributed by atoms with Crippen molar-refractivity contribution in [1.29, 1.82) is 0 Å². The molecule has 0 radical (unpaired) electrons. The van der Waals surface area contributed by atoms with E-state index in [9.17, 15) is 0 Å². The Kier molecular flexibility index (Phi) is 5.53. The van der Waals surface area contributed by atoms with Crippen LogP contribution in [-0.2, 0) is 9.47 Å². The van der Waals surface area contributed by atoms with Crippen LogP contribution in [0.2, 0.25) is 0 Å². The molecular weight excluding hydrogens is 194 g/mol. The molecule has 1 rings (SSSR count). The predicted octanol–water partition coefficient (Wildman–Crippen LogP) is 0.529. The molecule has 1 heterocycles. The monoisotopic (exact) mass is 217 g/mol. The second-order valence-corrected chi connectivity index (χ2v) is 4.11. The maximum Gasteiger partial charge on any atom is 0.0852 e. The van der Waals surface area contributed by atoms with Crippen LogP contribution in [0.3, 0.4) is 0 Å². The van der Waals surface area contributed by atoms with Gasteiger partial charge in [0.2, 0.25) is 0 Å². The zero-order chi connectivity index (χ0) is 11.1. The summed E-state index contributed by atoms with van der Waals surface area (Å²) in [5, 5.41) is 8.82. The van der Waals surface area contributed by atoms with E-state index < -0.39 is 0 Å². The van der Waals surface area contributed by atoms with Crippen LogP contribution in [0.5, 0.6) is 0 Å². The molecule has 90 valence electrons. The first kappa shape index (κ1) is 12.9. The molecule has 0 aromatic heterocycles. The molecule has 0 spiro atoms. The summed E-state index contributed by atoms with van der Waals surface area (Å²) >= 11 is 0. The Balaban J connectivity index is 2.59. The average Bonchev–Trinajstić information content (AvgIpc) is 2.33. The number of hydrogen-bond acceptors (Lipinski definition) is 4. The van der Waals surface area contributed by atoms with Crippen molar-refractivity contribution < 1.29 is 14.6 Å². The Morgan fingerprint density at radius 2 is 2.40 bits per heavy atom. The van der Waals surface area contributed by atoms with Crippen LogP contribution in [-0.4, -0.2) is 43.7 Å². The number of rotatable bonds is 6. The standard InChI is InChI=1S/C11H23NO3/c1-2-11(9-12,15-7-5-13)10-4-3-6-14-8-10/h10,13H,2-9,12H2,1H3. The Bertz CT molecular complexity index is 165. The predicted molar refractivity (Wildman–Crippen MR) is 58.7 cm³/mol. The molecule has 0 amide bonds. The number of aliphatic hydroxyl groups excluding tert-OH is 1. The number of nitrogens with two attached hydrogens (primary N) is 1. The van der Waals surface area contributed by atoms with Crippen LogP contribution in [0.15, 0.2) is 0 Å². The fourth-order valence-electron chi connectivity index (χ4n) is 2.28. The van der Waals surface area contributed by atoms with Crippen molar-refractivity contribution in [2.45, 2.75) is 31.8 Å². The quantitative estimate of drug-likeness (QED) is 0.681. The summed E-state index contributed by atoms with van der Waals surface area (Å²) in [6, 6.07) is 0. The van der Waals surface area contributed by atoms with Gasteiger partial charge in [0, 0.05) is 19.1 Å². The molecule has 15 heavy (non-hydrogen) atoms. The van der Waals surface area contributed by atoms with E-state index in [2.05, 4.69) is 6.92 Å². The average molecular weight is 217 g/mol. The second-order valence-electron chi connectivity index (χ2n) is 4.11. The molecule has 1 saturated heterocycles. The number of aliphatic hydroxyl groups is 1. The van der Waals surface area contributed by atoms with Gasteiger partial charge >= 0.3 is 0 Å². The van der Waals surface area contributed by atoms with E-state index in [0.717, 1.165) is 32.5 Å². The fraction of sp³-hybridized carbons (Fsp3) is 1.00. The molecule has 0 aliphatic carbocycles. The lowest BCUT2D eigenvalue weighted by Gasteiger charge is -2.41. The third kappa shape index (κ3) is 3.14. The van der Waals surface area contributed by atoms with E-state index in [1.54, 1.807) is 0 Å². The van der Waals surface area contributed by atoms with Gasteiger partial charge in [0.1, 0.15) is 0 Å². The van der Waals surface area contributed by atoms with E-state index in [-0.39, 0.29) is 12.2 Å². The number of ether oxygens (including phenoxy) is 2. The first-order valence-electron chi connectivity index (χ1n) is 5.81. The van der Waals surface area contributed by atoms with Gasteiger partial charge in [0.15, 0.2) is 0 Å². The van der Waals surface area contributed by atoms with E-state index in [0.29, 0.717) is 19.1 Å². The molecule has 1 fully saturated rings. The Hall–Kier alpha value is -0.160. The summed E-state index contributed by atoms with van der Waals surface area (Å²) < 4.78 is 11.2. The third-order valence-corrected chi connectivity index (χ3v) is 3.33. The SMILES string of the molecule is CCC(CN)(OCCO)C1CCCOC1. The molecule has 2 unspecified atom stereocenters. The molecule has 0 aromatic carbocycles. The van der Waals surface area contributed by atoms with Gasteiger partial charge in [-0.1, -0.05) is 6.92 Å². The summed E-state index contributed by atoms with van der Waals surface area (Å²) in [7, 11) is 0. The maximum absolute atomic E-state index is 8.82. The van der Waals surface area contributed by atoms with Gasteiger partial charge in [-0.05, 0) is 19.3 Å². The highest BCUT2D eigenvalue weighted by Gasteiger charge is 2.38. The highest BCUT2D eigenvalue weighted by molar-refractivity contribution is 4.89. The summed E-state index contributed by atoms with van der Waals surface area (Å²) in [6.07, 6.45) is 3.06. The molecule has 1 aliphatic rings. The lowest BCUT2D eigenvalue weighted by molar-refractivity contribution is -0.125. The minimum atomic E-state index is -0.302. The molecule has 4 nitrogen and oxygen atoms in total. The van der Waals surface area contributed by atoms with Crippen LogP contribution < -0.4 is 5.73 Å². The van der Waals surface area contributed by atoms with Gasteiger partial charge in [0.25, 0.3) is 0 Å². The van der Waals surface area contributed by atoms with Crippen LogP contribution in [0, 0.1) is 5.92 Å². The van der Waals surface area contributed by atoms with Crippen molar-refractivity contribution in [3.8, 4) is 0 Å². The van der Waals surface area contributed by atoms with E-state index in [1.165, 1.54) is 0 Å². The van der Waals surface area contributed by atoms with Crippen molar-refractivity contribution in [3.63, 3.8) is 0 Å². The van der Waals surface area contributed by atoms with Crippen LogP contribution in [0.1, 0.15) is 26.2 Å². The molecule has 0 saturated carbocycles. The van der Waals surface area contributed by atoms with Gasteiger partial charge in [-0.3, -0.25) is 0 Å². The van der Waals surface area contributed by atoms with Crippen molar-refractivity contribution in [3.05, 3.63) is 0 Å².